The second kappa shape index (κ2) is 4.74. The molecule has 0 saturated heterocycles. The van der Waals surface area contributed by atoms with Crippen LogP contribution in [0.1, 0.15) is 37.6 Å². The molecule has 1 aliphatic rings. The topological polar surface area (TPSA) is 34.4 Å². The van der Waals surface area contributed by atoms with Gasteiger partial charge < -0.3 is 14.5 Å². The number of fused-ring (bicyclic) bond motifs is 1. The SMILES string of the molecule is CC1(C)CC(NCc2ccco2)c2ccccc2O1. The molecule has 1 aromatic heterocycles. The Morgan fingerprint density at radius 1 is 1.21 bits per heavy atom. The van der Waals surface area contributed by atoms with Gasteiger partial charge in [0.05, 0.1) is 12.8 Å². The molecule has 2 aromatic rings. The van der Waals surface area contributed by atoms with Crippen LogP contribution in [0.3, 0.4) is 0 Å². The van der Waals surface area contributed by atoms with Crippen LogP contribution in [0.15, 0.2) is 47.1 Å². The lowest BCUT2D eigenvalue weighted by atomic mass is 9.89. The van der Waals surface area contributed by atoms with Crippen molar-refractivity contribution in [1.82, 2.24) is 5.32 Å². The summed E-state index contributed by atoms with van der Waals surface area (Å²) in [6.07, 6.45) is 2.66. The van der Waals surface area contributed by atoms with Gasteiger partial charge in [-0.05, 0) is 32.0 Å². The van der Waals surface area contributed by atoms with Crippen molar-refractivity contribution >= 4 is 0 Å². The Bertz CT molecular complexity index is 546. The molecule has 1 unspecified atom stereocenters. The molecule has 0 aliphatic carbocycles. The first kappa shape index (κ1) is 12.3. The Morgan fingerprint density at radius 3 is 2.84 bits per heavy atom. The molecule has 1 atom stereocenters. The van der Waals surface area contributed by atoms with Crippen LogP contribution in [0.5, 0.6) is 5.75 Å². The summed E-state index contributed by atoms with van der Waals surface area (Å²) < 4.78 is 11.4. The predicted molar refractivity (Wildman–Crippen MR) is 74.1 cm³/mol. The summed E-state index contributed by atoms with van der Waals surface area (Å²) in [6.45, 7) is 5.00. The zero-order valence-corrected chi connectivity index (χ0v) is 11.3. The Labute approximate surface area is 113 Å². The number of ether oxygens (including phenoxy) is 1. The van der Waals surface area contributed by atoms with Crippen LogP contribution in [-0.2, 0) is 6.54 Å². The standard InChI is InChI=1S/C16H19NO2/c1-16(2)10-14(17-11-12-6-5-9-18-12)13-7-3-4-8-15(13)19-16/h3-9,14,17H,10-11H2,1-2H3. The first-order chi connectivity index (χ1) is 9.14. The lowest BCUT2D eigenvalue weighted by Gasteiger charge is -2.38. The number of nitrogens with one attached hydrogen (secondary N) is 1. The molecule has 3 heteroatoms. The summed E-state index contributed by atoms with van der Waals surface area (Å²) in [4.78, 5) is 0. The maximum absolute atomic E-state index is 6.02. The van der Waals surface area contributed by atoms with Crippen molar-refractivity contribution in [2.75, 3.05) is 0 Å². The number of furan rings is 1. The summed E-state index contributed by atoms with van der Waals surface area (Å²) in [5.74, 6) is 1.94. The molecule has 0 amide bonds. The van der Waals surface area contributed by atoms with Crippen molar-refractivity contribution in [3.63, 3.8) is 0 Å². The van der Waals surface area contributed by atoms with Gasteiger partial charge in [0.15, 0.2) is 0 Å². The maximum Gasteiger partial charge on any atom is 0.124 e. The van der Waals surface area contributed by atoms with E-state index in [1.54, 1.807) is 6.26 Å². The highest BCUT2D eigenvalue weighted by Gasteiger charge is 2.33. The van der Waals surface area contributed by atoms with E-state index >= 15 is 0 Å². The Kier molecular flexibility index (Phi) is 3.07. The fourth-order valence-corrected chi connectivity index (χ4v) is 2.62. The van der Waals surface area contributed by atoms with Crippen molar-refractivity contribution in [2.24, 2.45) is 0 Å². The average molecular weight is 257 g/mol. The normalized spacial score (nSPS) is 20.6. The summed E-state index contributed by atoms with van der Waals surface area (Å²) in [5.41, 5.74) is 1.09. The van der Waals surface area contributed by atoms with Crippen molar-refractivity contribution in [2.45, 2.75) is 38.5 Å². The van der Waals surface area contributed by atoms with E-state index in [1.807, 2.05) is 24.3 Å². The molecule has 1 aliphatic heterocycles. The lowest BCUT2D eigenvalue weighted by Crippen LogP contribution is -2.39. The van der Waals surface area contributed by atoms with Crippen molar-refractivity contribution in [1.29, 1.82) is 0 Å². The molecular formula is C16H19NO2. The van der Waals surface area contributed by atoms with E-state index in [1.165, 1.54) is 5.56 Å². The van der Waals surface area contributed by atoms with Crippen molar-refractivity contribution in [3.8, 4) is 5.75 Å². The van der Waals surface area contributed by atoms with Crippen LogP contribution in [0, 0.1) is 0 Å². The Balaban J connectivity index is 1.80. The van der Waals surface area contributed by atoms with Gasteiger partial charge in [0.2, 0.25) is 0 Å². The Hall–Kier alpha value is -1.74. The summed E-state index contributed by atoms with van der Waals surface area (Å²) >= 11 is 0. The maximum atomic E-state index is 6.02. The van der Waals surface area contributed by atoms with E-state index in [-0.39, 0.29) is 5.60 Å². The Morgan fingerprint density at radius 2 is 2.05 bits per heavy atom. The molecule has 2 heterocycles. The molecule has 3 nitrogen and oxygen atoms in total. The second-order valence-electron chi connectivity index (χ2n) is 5.62. The zero-order valence-electron chi connectivity index (χ0n) is 11.3. The number of para-hydroxylation sites is 1. The van der Waals surface area contributed by atoms with Crippen molar-refractivity contribution in [3.05, 3.63) is 54.0 Å². The van der Waals surface area contributed by atoms with Gasteiger partial charge in [-0.1, -0.05) is 18.2 Å². The number of hydrogen-bond donors (Lipinski definition) is 1. The minimum Gasteiger partial charge on any atom is -0.487 e. The monoisotopic (exact) mass is 257 g/mol. The largest absolute Gasteiger partial charge is 0.487 e. The molecule has 3 rings (SSSR count). The van der Waals surface area contributed by atoms with E-state index in [9.17, 15) is 0 Å². The van der Waals surface area contributed by atoms with Crippen molar-refractivity contribution < 1.29 is 9.15 Å². The highest BCUT2D eigenvalue weighted by molar-refractivity contribution is 5.38. The lowest BCUT2D eigenvalue weighted by molar-refractivity contribution is 0.0653. The molecule has 0 saturated carbocycles. The molecule has 0 radical (unpaired) electrons. The molecule has 19 heavy (non-hydrogen) atoms. The predicted octanol–water partition coefficient (Wildman–Crippen LogP) is 3.67. The highest BCUT2D eigenvalue weighted by atomic mass is 16.5. The van der Waals surface area contributed by atoms with Crippen LogP contribution >= 0.6 is 0 Å². The van der Waals surface area contributed by atoms with E-state index in [0.29, 0.717) is 6.04 Å². The molecular weight excluding hydrogens is 238 g/mol. The highest BCUT2D eigenvalue weighted by Crippen LogP contribution is 2.39. The molecule has 100 valence electrons. The van der Waals surface area contributed by atoms with Gasteiger partial charge in [0, 0.05) is 18.0 Å². The molecule has 0 bridgehead atoms. The molecule has 0 spiro atoms. The third-order valence-corrected chi connectivity index (χ3v) is 3.48. The van der Waals surface area contributed by atoms with E-state index in [0.717, 1.165) is 24.5 Å². The van der Waals surface area contributed by atoms with Gasteiger partial charge in [-0.2, -0.15) is 0 Å². The second-order valence-corrected chi connectivity index (χ2v) is 5.62. The first-order valence-electron chi connectivity index (χ1n) is 6.68. The fraction of sp³-hybridized carbons (Fsp3) is 0.375. The van der Waals surface area contributed by atoms with Crippen LogP contribution in [0.2, 0.25) is 0 Å². The number of benzene rings is 1. The molecule has 1 N–H and O–H groups in total. The summed E-state index contributed by atoms with van der Waals surface area (Å²) in [5, 5.41) is 3.56. The van der Waals surface area contributed by atoms with Crippen LogP contribution in [0.25, 0.3) is 0 Å². The van der Waals surface area contributed by atoms with E-state index in [2.05, 4.69) is 31.3 Å². The zero-order chi connectivity index (χ0) is 13.3. The third kappa shape index (κ3) is 2.66. The average Bonchev–Trinajstić information content (AvgIpc) is 2.87. The van der Waals surface area contributed by atoms with Crippen LogP contribution < -0.4 is 10.1 Å². The quantitative estimate of drug-likeness (QED) is 0.911. The first-order valence-corrected chi connectivity index (χ1v) is 6.68. The summed E-state index contributed by atoms with van der Waals surface area (Å²) in [7, 11) is 0. The minimum atomic E-state index is -0.144. The molecule has 1 aromatic carbocycles. The molecule has 0 fully saturated rings. The van der Waals surface area contributed by atoms with Gasteiger partial charge in [0.1, 0.15) is 17.1 Å². The summed E-state index contributed by atoms with van der Waals surface area (Å²) in [6, 6.07) is 12.4. The van der Waals surface area contributed by atoms with Gasteiger partial charge in [-0.15, -0.1) is 0 Å². The number of rotatable bonds is 3. The van der Waals surface area contributed by atoms with Gasteiger partial charge >= 0.3 is 0 Å². The van der Waals surface area contributed by atoms with Crippen LogP contribution in [-0.4, -0.2) is 5.60 Å². The fourth-order valence-electron chi connectivity index (χ4n) is 2.62. The van der Waals surface area contributed by atoms with E-state index in [4.69, 9.17) is 9.15 Å². The minimum absolute atomic E-state index is 0.144. The smallest absolute Gasteiger partial charge is 0.124 e. The van der Waals surface area contributed by atoms with Gasteiger partial charge in [-0.3, -0.25) is 0 Å². The van der Waals surface area contributed by atoms with Gasteiger partial charge in [-0.25, -0.2) is 0 Å². The van der Waals surface area contributed by atoms with E-state index < -0.39 is 0 Å². The van der Waals surface area contributed by atoms with Gasteiger partial charge in [0.25, 0.3) is 0 Å². The third-order valence-electron chi connectivity index (χ3n) is 3.48. The van der Waals surface area contributed by atoms with Crippen LogP contribution in [0.4, 0.5) is 0 Å². The number of hydrogen-bond acceptors (Lipinski definition) is 3.